The number of aromatic nitrogens is 1. The molecule has 0 saturated heterocycles. The number of sulfonamides is 1. The second kappa shape index (κ2) is 12.2. The molecule has 1 aliphatic carbocycles. The van der Waals surface area contributed by atoms with Gasteiger partial charge in [0.1, 0.15) is 6.04 Å². The molecule has 2 aliphatic rings. The number of hydrogen-bond acceptors (Lipinski definition) is 5. The Morgan fingerprint density at radius 3 is 2.48 bits per heavy atom. The molecule has 2 N–H and O–H groups in total. The van der Waals surface area contributed by atoms with Gasteiger partial charge in [0.2, 0.25) is 21.6 Å². The number of nitrogens with zero attached hydrogens (tertiary/aromatic N) is 2. The van der Waals surface area contributed by atoms with Crippen LogP contribution in [0.1, 0.15) is 77.8 Å². The molecule has 9 nitrogen and oxygen atoms in total. The number of nitrogens with one attached hydrogen (secondary N) is 2. The van der Waals surface area contributed by atoms with Gasteiger partial charge in [0, 0.05) is 39.8 Å². The highest BCUT2D eigenvalue weighted by molar-refractivity contribution is 7.88. The fraction of sp³-hybridized carbons (Fsp3) is 0.367. The predicted molar refractivity (Wildman–Crippen MR) is 161 cm³/mol. The first kappa shape index (κ1) is 30.3. The Morgan fingerprint density at radius 1 is 1.05 bits per heavy atom. The summed E-state index contributed by atoms with van der Waals surface area (Å²) in [6.45, 7) is 1.72. The van der Waals surface area contributed by atoms with Crippen molar-refractivity contribution < 1.29 is 22.7 Å². The topological polar surface area (TPSA) is 123 Å². The predicted octanol–water partition coefficient (Wildman–Crippen LogP) is 4.65. The average Bonchev–Trinajstić information content (AvgIpc) is 2.93. The van der Waals surface area contributed by atoms with Crippen molar-refractivity contribution in [1.82, 2.24) is 14.9 Å². The summed E-state index contributed by atoms with van der Waals surface area (Å²) < 4.78 is 28.2. The molecule has 2 heterocycles. The third kappa shape index (κ3) is 6.13. The number of hydrogen-bond donors (Lipinski definition) is 2. The van der Waals surface area contributed by atoms with Crippen LogP contribution >= 0.6 is 23.2 Å². The molecule has 1 aliphatic heterocycles. The van der Waals surface area contributed by atoms with Gasteiger partial charge in [-0.2, -0.15) is 4.73 Å². The van der Waals surface area contributed by atoms with Gasteiger partial charge in [-0.1, -0.05) is 60.3 Å². The highest BCUT2D eigenvalue weighted by Gasteiger charge is 2.49. The Balaban J connectivity index is 1.67. The number of fused-ring (bicyclic) bond motifs is 1. The lowest BCUT2D eigenvalue weighted by molar-refractivity contribution is -0.615. The van der Waals surface area contributed by atoms with Crippen molar-refractivity contribution in [2.45, 2.75) is 62.7 Å². The van der Waals surface area contributed by atoms with E-state index in [2.05, 4.69) is 10.0 Å². The molecule has 5 rings (SSSR count). The van der Waals surface area contributed by atoms with Gasteiger partial charge in [-0.3, -0.25) is 9.59 Å². The minimum Gasteiger partial charge on any atom is -0.618 e. The zero-order valence-corrected chi connectivity index (χ0v) is 25.5. The van der Waals surface area contributed by atoms with E-state index >= 15 is 0 Å². The Morgan fingerprint density at radius 2 is 1.76 bits per heavy atom. The summed E-state index contributed by atoms with van der Waals surface area (Å²) in [7, 11) is -3.59. The van der Waals surface area contributed by atoms with Crippen molar-refractivity contribution in [3.63, 3.8) is 0 Å². The van der Waals surface area contributed by atoms with Gasteiger partial charge < -0.3 is 15.4 Å². The van der Waals surface area contributed by atoms with Crippen LogP contribution in [0.2, 0.25) is 10.0 Å². The van der Waals surface area contributed by atoms with E-state index in [1.807, 2.05) is 0 Å². The number of carbonyl (C=O) groups is 2. The van der Waals surface area contributed by atoms with Crippen LogP contribution in [0.5, 0.6) is 0 Å². The van der Waals surface area contributed by atoms with Gasteiger partial charge in [-0.15, -0.1) is 0 Å². The quantitative estimate of drug-likeness (QED) is 0.291. The monoisotopic (exact) mass is 630 g/mol. The summed E-state index contributed by atoms with van der Waals surface area (Å²) in [4.78, 5) is 30.3. The minimum atomic E-state index is -3.59. The van der Waals surface area contributed by atoms with Gasteiger partial charge in [0.05, 0.1) is 18.2 Å². The molecule has 3 aromatic rings. The molecule has 222 valence electrons. The number of rotatable bonds is 7. The minimum absolute atomic E-state index is 0.277. The number of carbonyl (C=O) groups excluding carboxylic acids is 2. The number of amides is 2. The van der Waals surface area contributed by atoms with Crippen molar-refractivity contribution in [3.8, 4) is 0 Å². The largest absolute Gasteiger partial charge is 0.618 e. The van der Waals surface area contributed by atoms with E-state index in [9.17, 15) is 23.2 Å². The molecule has 0 radical (unpaired) electrons. The molecule has 12 heteroatoms. The van der Waals surface area contributed by atoms with Gasteiger partial charge in [0.25, 0.3) is 5.91 Å². The van der Waals surface area contributed by atoms with Gasteiger partial charge in [-0.25, -0.2) is 13.1 Å². The maximum absolute atomic E-state index is 14.3. The molecule has 5 atom stereocenters. The van der Waals surface area contributed by atoms with Gasteiger partial charge in [0.15, 0.2) is 6.20 Å². The van der Waals surface area contributed by atoms with Gasteiger partial charge >= 0.3 is 0 Å². The molecule has 0 spiro atoms. The summed E-state index contributed by atoms with van der Waals surface area (Å²) >= 11 is 13.0. The van der Waals surface area contributed by atoms with Crippen molar-refractivity contribution in [1.29, 1.82) is 0 Å². The van der Waals surface area contributed by atoms with E-state index in [1.165, 1.54) is 6.20 Å². The first-order valence-electron chi connectivity index (χ1n) is 13.8. The number of pyridine rings is 1. The summed E-state index contributed by atoms with van der Waals surface area (Å²) in [5.74, 6) is -1.65. The lowest BCUT2D eigenvalue weighted by atomic mass is 9.76. The van der Waals surface area contributed by atoms with Crippen molar-refractivity contribution in [2.75, 3.05) is 6.26 Å². The molecule has 2 aromatic carbocycles. The number of benzene rings is 2. The van der Waals surface area contributed by atoms with Crippen molar-refractivity contribution in [2.24, 2.45) is 0 Å². The lowest BCUT2D eigenvalue weighted by Crippen LogP contribution is -2.59. The van der Waals surface area contributed by atoms with Crippen LogP contribution in [-0.4, -0.2) is 43.5 Å². The zero-order chi connectivity index (χ0) is 30.2. The molecule has 1 unspecified atom stereocenters. The van der Waals surface area contributed by atoms with Crippen LogP contribution in [0, 0.1) is 5.21 Å². The second-order valence-electron chi connectivity index (χ2n) is 10.9. The zero-order valence-electron chi connectivity index (χ0n) is 23.2. The van der Waals surface area contributed by atoms with Crippen molar-refractivity contribution >= 4 is 45.0 Å². The maximum atomic E-state index is 14.3. The summed E-state index contributed by atoms with van der Waals surface area (Å²) in [5.41, 5.74) is 1.74. The Hall–Kier alpha value is -3.18. The fourth-order valence-corrected chi connectivity index (χ4v) is 7.63. The third-order valence-corrected chi connectivity index (χ3v) is 9.34. The summed E-state index contributed by atoms with van der Waals surface area (Å²) in [6, 6.07) is 14.2. The van der Waals surface area contributed by atoms with Crippen LogP contribution in [0.3, 0.4) is 0 Å². The lowest BCUT2D eigenvalue weighted by Gasteiger charge is -2.49. The first-order chi connectivity index (χ1) is 20.0. The SMILES string of the molecule is CC(NC(=O)[C@@H]1c2ccccc2C(=O)N([C@H]2CCCC[C@@H]2NS(C)(=O)=O)[C@H]1c1ccc(Cl)cc1Cl)c1cccc[n+]1[O-]. The molecule has 2 amide bonds. The standard InChI is InChI=1S/C30H32Cl2N4O5S/c1-18(25-12-7-8-16-35(25)39)33-29(37)27-20-9-3-4-10-21(20)30(38)36(28(27)22-15-14-19(31)17-23(22)32)26-13-6-5-11-24(26)34-42(2,40)41/h3-4,7-10,12,14-18,24,26-28,34H,5-6,11,13H2,1-2H3,(H,33,37)/t18?,24-,26-,27+,28-/m0/s1. The van der Waals surface area contributed by atoms with E-state index in [4.69, 9.17) is 23.2 Å². The summed E-state index contributed by atoms with van der Waals surface area (Å²) in [5, 5.41) is 16.1. The maximum Gasteiger partial charge on any atom is 0.255 e. The van der Waals surface area contributed by atoms with Gasteiger partial charge in [-0.05, 0) is 55.2 Å². The first-order valence-corrected chi connectivity index (χ1v) is 16.4. The van der Waals surface area contributed by atoms with Crippen LogP contribution in [0.25, 0.3) is 0 Å². The molecule has 1 aromatic heterocycles. The van der Waals surface area contributed by atoms with E-state index in [0.717, 1.165) is 19.1 Å². The second-order valence-corrected chi connectivity index (χ2v) is 13.5. The molecule has 1 fully saturated rings. The van der Waals surface area contributed by atoms with Crippen LogP contribution < -0.4 is 14.8 Å². The van der Waals surface area contributed by atoms with Crippen LogP contribution in [-0.2, 0) is 14.8 Å². The van der Waals surface area contributed by atoms with Crippen LogP contribution in [0.4, 0.5) is 0 Å². The van der Waals surface area contributed by atoms with Crippen LogP contribution in [0.15, 0.2) is 66.9 Å². The average molecular weight is 632 g/mol. The normalized spacial score (nSPS) is 23.2. The highest BCUT2D eigenvalue weighted by atomic mass is 35.5. The molecular weight excluding hydrogens is 599 g/mol. The smallest absolute Gasteiger partial charge is 0.255 e. The van der Waals surface area contributed by atoms with E-state index in [1.54, 1.807) is 72.5 Å². The Kier molecular flexibility index (Phi) is 8.80. The van der Waals surface area contributed by atoms with E-state index < -0.39 is 46.0 Å². The molecule has 42 heavy (non-hydrogen) atoms. The number of halogens is 2. The van der Waals surface area contributed by atoms with E-state index in [0.29, 0.717) is 45.0 Å². The molecule has 1 saturated carbocycles. The third-order valence-electron chi connectivity index (χ3n) is 8.05. The molecular formula is C30H32Cl2N4O5S. The van der Waals surface area contributed by atoms with Crippen molar-refractivity contribution in [3.05, 3.63) is 104 Å². The fourth-order valence-electron chi connectivity index (χ4n) is 6.28. The highest BCUT2D eigenvalue weighted by Crippen LogP contribution is 2.48. The Labute approximate surface area is 255 Å². The Bertz CT molecular complexity index is 1620. The summed E-state index contributed by atoms with van der Waals surface area (Å²) in [6.07, 6.45) is 5.11. The molecule has 0 bridgehead atoms. The van der Waals surface area contributed by atoms with E-state index in [-0.39, 0.29) is 10.9 Å².